The van der Waals surface area contributed by atoms with E-state index in [4.69, 9.17) is 4.74 Å². The van der Waals surface area contributed by atoms with Crippen LogP contribution in [0, 0.1) is 6.92 Å². The summed E-state index contributed by atoms with van der Waals surface area (Å²) in [5, 5.41) is 10.1. The molecule has 162 valence electrons. The summed E-state index contributed by atoms with van der Waals surface area (Å²) >= 11 is 1.35. The zero-order valence-corrected chi connectivity index (χ0v) is 18.7. The third-order valence-corrected chi connectivity index (χ3v) is 5.79. The van der Waals surface area contributed by atoms with E-state index in [0.717, 1.165) is 33.3 Å². The highest BCUT2D eigenvalue weighted by molar-refractivity contribution is 7.14. The first kappa shape index (κ1) is 21.5. The molecule has 0 spiro atoms. The van der Waals surface area contributed by atoms with Gasteiger partial charge >= 0.3 is 0 Å². The Morgan fingerprint density at radius 2 is 1.84 bits per heavy atom. The molecule has 0 bridgehead atoms. The summed E-state index contributed by atoms with van der Waals surface area (Å²) in [6, 6.07) is 19.3. The Morgan fingerprint density at radius 1 is 1.03 bits per heavy atom. The molecule has 4 aromatic rings. The molecule has 3 aromatic carbocycles. The van der Waals surface area contributed by atoms with Gasteiger partial charge in [-0.3, -0.25) is 9.59 Å². The summed E-state index contributed by atoms with van der Waals surface area (Å²) in [7, 11) is 1.62. The van der Waals surface area contributed by atoms with Gasteiger partial charge in [-0.15, -0.1) is 11.3 Å². The van der Waals surface area contributed by atoms with E-state index >= 15 is 0 Å². The molecule has 0 aliphatic carbocycles. The summed E-state index contributed by atoms with van der Waals surface area (Å²) in [4.78, 5) is 29.2. The Labute approximate surface area is 190 Å². The lowest BCUT2D eigenvalue weighted by molar-refractivity contribution is -0.116. The minimum atomic E-state index is -0.207. The van der Waals surface area contributed by atoms with Crippen LogP contribution in [0.4, 0.5) is 5.13 Å². The van der Waals surface area contributed by atoms with Crippen molar-refractivity contribution in [2.45, 2.75) is 13.3 Å². The first-order valence-electron chi connectivity index (χ1n) is 10.2. The highest BCUT2D eigenvalue weighted by Gasteiger charge is 2.13. The SMILES string of the molecule is COc1ccc(C)cc1-c1csc(NC(=O)CCNC(=O)c2ccc3ccccc3c2)n1. The molecule has 0 aliphatic heterocycles. The second-order valence-corrected chi connectivity index (χ2v) is 8.22. The standard InChI is InChI=1S/C25H23N3O3S/c1-16-7-10-22(31-2)20(13-16)21-15-32-25(27-21)28-23(29)11-12-26-24(30)19-9-8-17-5-3-4-6-18(17)14-19/h3-10,13-15H,11-12H2,1-2H3,(H,26,30)(H,27,28,29). The topological polar surface area (TPSA) is 80.3 Å². The molecule has 7 heteroatoms. The molecule has 0 fully saturated rings. The Hall–Kier alpha value is -3.71. The Bertz CT molecular complexity index is 1280. The van der Waals surface area contributed by atoms with Gasteiger partial charge in [0.15, 0.2) is 5.13 Å². The Morgan fingerprint density at radius 3 is 2.66 bits per heavy atom. The van der Waals surface area contributed by atoms with E-state index < -0.39 is 0 Å². The molecule has 2 amide bonds. The van der Waals surface area contributed by atoms with Crippen molar-refractivity contribution in [1.29, 1.82) is 0 Å². The van der Waals surface area contributed by atoms with Gasteiger partial charge in [0.05, 0.1) is 12.8 Å². The summed E-state index contributed by atoms with van der Waals surface area (Å²) in [6.07, 6.45) is 0.155. The van der Waals surface area contributed by atoms with Crippen LogP contribution in [0.15, 0.2) is 66.0 Å². The van der Waals surface area contributed by atoms with Gasteiger partial charge in [0.2, 0.25) is 5.91 Å². The molecule has 0 unspecified atom stereocenters. The molecule has 6 nitrogen and oxygen atoms in total. The average molecular weight is 446 g/mol. The predicted octanol–water partition coefficient (Wildman–Crippen LogP) is 5.04. The van der Waals surface area contributed by atoms with Crippen LogP contribution in [0.25, 0.3) is 22.0 Å². The number of benzene rings is 3. The zero-order chi connectivity index (χ0) is 22.5. The van der Waals surface area contributed by atoms with Gasteiger partial charge in [-0.2, -0.15) is 0 Å². The Kier molecular flexibility index (Phi) is 6.47. The zero-order valence-electron chi connectivity index (χ0n) is 17.8. The van der Waals surface area contributed by atoms with Crippen LogP contribution >= 0.6 is 11.3 Å². The number of hydrogen-bond donors (Lipinski definition) is 2. The van der Waals surface area contributed by atoms with Gasteiger partial charge in [-0.05, 0) is 42.0 Å². The van der Waals surface area contributed by atoms with Crippen molar-refractivity contribution in [2.75, 3.05) is 19.0 Å². The number of carbonyl (C=O) groups is 2. The number of ether oxygens (including phenoxy) is 1. The fourth-order valence-corrected chi connectivity index (χ4v) is 4.11. The van der Waals surface area contributed by atoms with Crippen molar-refractivity contribution in [2.24, 2.45) is 0 Å². The third kappa shape index (κ3) is 4.95. The highest BCUT2D eigenvalue weighted by atomic mass is 32.1. The van der Waals surface area contributed by atoms with Crippen LogP contribution in [0.1, 0.15) is 22.3 Å². The number of nitrogens with one attached hydrogen (secondary N) is 2. The predicted molar refractivity (Wildman–Crippen MR) is 128 cm³/mol. The molecule has 2 N–H and O–H groups in total. The van der Waals surface area contributed by atoms with Gasteiger partial charge in [0, 0.05) is 29.5 Å². The Balaban J connectivity index is 1.32. The monoisotopic (exact) mass is 445 g/mol. The van der Waals surface area contributed by atoms with E-state index in [1.807, 2.05) is 66.9 Å². The van der Waals surface area contributed by atoms with Crippen LogP contribution < -0.4 is 15.4 Å². The minimum Gasteiger partial charge on any atom is -0.496 e. The van der Waals surface area contributed by atoms with E-state index in [2.05, 4.69) is 15.6 Å². The number of anilines is 1. The average Bonchev–Trinajstić information content (AvgIpc) is 3.26. The van der Waals surface area contributed by atoms with Gasteiger partial charge in [0.1, 0.15) is 5.75 Å². The molecular formula is C25H23N3O3S. The molecule has 0 radical (unpaired) electrons. The number of aromatic nitrogens is 1. The van der Waals surface area contributed by atoms with Crippen molar-refractivity contribution in [1.82, 2.24) is 10.3 Å². The van der Waals surface area contributed by atoms with E-state index in [1.165, 1.54) is 11.3 Å². The van der Waals surface area contributed by atoms with Crippen LogP contribution in [0.2, 0.25) is 0 Å². The number of carbonyl (C=O) groups excluding carboxylic acids is 2. The number of rotatable bonds is 7. The van der Waals surface area contributed by atoms with Crippen LogP contribution in [-0.4, -0.2) is 30.5 Å². The summed E-state index contributed by atoms with van der Waals surface area (Å²) in [6.45, 7) is 2.24. The highest BCUT2D eigenvalue weighted by Crippen LogP contribution is 2.33. The summed E-state index contributed by atoms with van der Waals surface area (Å²) in [5.74, 6) is 0.322. The number of nitrogens with zero attached hydrogens (tertiary/aromatic N) is 1. The number of fused-ring (bicyclic) bond motifs is 1. The van der Waals surface area contributed by atoms with Crippen molar-refractivity contribution in [3.63, 3.8) is 0 Å². The lowest BCUT2D eigenvalue weighted by atomic mass is 10.1. The summed E-state index contributed by atoms with van der Waals surface area (Å²) < 4.78 is 5.42. The largest absolute Gasteiger partial charge is 0.496 e. The van der Waals surface area contributed by atoms with E-state index in [0.29, 0.717) is 10.7 Å². The van der Waals surface area contributed by atoms with Crippen molar-refractivity contribution in [3.8, 4) is 17.0 Å². The van der Waals surface area contributed by atoms with Crippen molar-refractivity contribution in [3.05, 3.63) is 77.2 Å². The molecule has 4 rings (SSSR count). The smallest absolute Gasteiger partial charge is 0.251 e. The van der Waals surface area contributed by atoms with Gasteiger partial charge in [-0.1, -0.05) is 42.0 Å². The second-order valence-electron chi connectivity index (χ2n) is 7.36. The number of thiazole rings is 1. The van der Waals surface area contributed by atoms with Crippen molar-refractivity contribution >= 4 is 39.1 Å². The first-order valence-corrected chi connectivity index (χ1v) is 11.1. The van der Waals surface area contributed by atoms with Crippen molar-refractivity contribution < 1.29 is 14.3 Å². The van der Waals surface area contributed by atoms with Gasteiger partial charge < -0.3 is 15.4 Å². The van der Waals surface area contributed by atoms with Crippen LogP contribution in [-0.2, 0) is 4.79 Å². The second kappa shape index (κ2) is 9.62. The lowest BCUT2D eigenvalue weighted by Crippen LogP contribution is -2.27. The molecule has 0 aliphatic rings. The fourth-order valence-electron chi connectivity index (χ4n) is 3.38. The van der Waals surface area contributed by atoms with Gasteiger partial charge in [-0.25, -0.2) is 4.98 Å². The molecule has 0 saturated heterocycles. The summed E-state index contributed by atoms with van der Waals surface area (Å²) in [5.41, 5.74) is 3.30. The number of amides is 2. The molecule has 32 heavy (non-hydrogen) atoms. The maximum Gasteiger partial charge on any atom is 0.251 e. The first-order chi connectivity index (χ1) is 15.5. The quantitative estimate of drug-likeness (QED) is 0.418. The fraction of sp³-hybridized carbons (Fsp3) is 0.160. The van der Waals surface area contributed by atoms with E-state index in [9.17, 15) is 9.59 Å². The maximum absolute atomic E-state index is 12.4. The third-order valence-electron chi connectivity index (χ3n) is 5.03. The number of methoxy groups -OCH3 is 1. The number of hydrogen-bond acceptors (Lipinski definition) is 5. The van der Waals surface area contributed by atoms with Crippen LogP contribution in [0.5, 0.6) is 5.75 Å². The lowest BCUT2D eigenvalue weighted by Gasteiger charge is -2.07. The van der Waals surface area contributed by atoms with Crippen LogP contribution in [0.3, 0.4) is 0 Å². The molecule has 1 aromatic heterocycles. The van der Waals surface area contributed by atoms with E-state index in [1.54, 1.807) is 13.2 Å². The number of aryl methyl sites for hydroxylation is 1. The maximum atomic E-state index is 12.4. The molecular weight excluding hydrogens is 422 g/mol. The van der Waals surface area contributed by atoms with E-state index in [-0.39, 0.29) is 24.8 Å². The van der Waals surface area contributed by atoms with Gasteiger partial charge in [0.25, 0.3) is 5.91 Å². The normalized spacial score (nSPS) is 10.7. The molecule has 0 atom stereocenters. The minimum absolute atomic E-state index is 0.155. The molecule has 1 heterocycles. The molecule has 0 saturated carbocycles.